The lowest BCUT2D eigenvalue weighted by Gasteiger charge is -2.07. The van der Waals surface area contributed by atoms with Crippen LogP contribution in [0.5, 0.6) is 0 Å². The van der Waals surface area contributed by atoms with Crippen molar-refractivity contribution in [2.24, 2.45) is 0 Å². The summed E-state index contributed by atoms with van der Waals surface area (Å²) in [7, 11) is 0. The molecule has 0 bridgehead atoms. The SMILES string of the molecule is O=C(Nc1ncc(Br)cc1Br)c1ccc(Cl)c([N+](=O)[O-])c1. The molecule has 0 saturated heterocycles. The van der Waals surface area contributed by atoms with Gasteiger partial charge in [0, 0.05) is 22.3 Å². The highest BCUT2D eigenvalue weighted by Gasteiger charge is 2.17. The fourth-order valence-corrected chi connectivity index (χ4v) is 2.75. The van der Waals surface area contributed by atoms with Gasteiger partial charge in [0.15, 0.2) is 0 Å². The zero-order chi connectivity index (χ0) is 15.6. The fraction of sp³-hybridized carbons (Fsp3) is 0. The first-order valence-corrected chi connectivity index (χ1v) is 7.41. The highest BCUT2D eigenvalue weighted by molar-refractivity contribution is 9.11. The van der Waals surface area contributed by atoms with Crippen LogP contribution in [0.1, 0.15) is 10.4 Å². The van der Waals surface area contributed by atoms with Crippen LogP contribution in [0.2, 0.25) is 5.02 Å². The van der Waals surface area contributed by atoms with Crippen molar-refractivity contribution in [3.05, 3.63) is 60.1 Å². The molecule has 1 heterocycles. The molecule has 9 heteroatoms. The number of aromatic nitrogens is 1. The van der Waals surface area contributed by atoms with E-state index >= 15 is 0 Å². The average Bonchev–Trinajstić information content (AvgIpc) is 2.42. The van der Waals surface area contributed by atoms with E-state index in [1.54, 1.807) is 6.07 Å². The molecule has 6 nitrogen and oxygen atoms in total. The Hall–Kier alpha value is -1.51. The lowest BCUT2D eigenvalue weighted by Crippen LogP contribution is -2.13. The number of carbonyl (C=O) groups is 1. The average molecular weight is 435 g/mol. The third-order valence-electron chi connectivity index (χ3n) is 2.44. The summed E-state index contributed by atoms with van der Waals surface area (Å²) in [4.78, 5) is 26.3. The number of pyridine rings is 1. The van der Waals surface area contributed by atoms with Gasteiger partial charge in [0.05, 0.1) is 9.40 Å². The Kier molecular flexibility index (Phi) is 4.92. The number of amides is 1. The van der Waals surface area contributed by atoms with Gasteiger partial charge in [-0.2, -0.15) is 0 Å². The van der Waals surface area contributed by atoms with Crippen LogP contribution in [-0.2, 0) is 0 Å². The fourth-order valence-electron chi connectivity index (χ4n) is 1.48. The molecular weight excluding hydrogens is 429 g/mol. The topological polar surface area (TPSA) is 85.1 Å². The van der Waals surface area contributed by atoms with E-state index in [0.717, 1.165) is 10.5 Å². The molecule has 108 valence electrons. The lowest BCUT2D eigenvalue weighted by atomic mass is 10.2. The highest BCUT2D eigenvalue weighted by Crippen LogP contribution is 2.27. The van der Waals surface area contributed by atoms with E-state index in [1.807, 2.05) is 0 Å². The van der Waals surface area contributed by atoms with E-state index < -0.39 is 10.8 Å². The summed E-state index contributed by atoms with van der Waals surface area (Å²) < 4.78 is 1.32. The molecule has 0 spiro atoms. The largest absolute Gasteiger partial charge is 0.306 e. The Morgan fingerprint density at radius 1 is 1.33 bits per heavy atom. The highest BCUT2D eigenvalue weighted by atomic mass is 79.9. The molecular formula is C12H6Br2ClN3O3. The molecule has 0 aliphatic carbocycles. The number of nitrogens with zero attached hydrogens (tertiary/aromatic N) is 2. The second-order valence-electron chi connectivity index (χ2n) is 3.86. The number of hydrogen-bond donors (Lipinski definition) is 1. The van der Waals surface area contributed by atoms with Gasteiger partial charge in [0.25, 0.3) is 11.6 Å². The lowest BCUT2D eigenvalue weighted by molar-refractivity contribution is -0.384. The molecule has 21 heavy (non-hydrogen) atoms. The monoisotopic (exact) mass is 433 g/mol. The van der Waals surface area contributed by atoms with E-state index in [4.69, 9.17) is 11.6 Å². The van der Waals surface area contributed by atoms with E-state index in [2.05, 4.69) is 42.2 Å². The van der Waals surface area contributed by atoms with Crippen LogP contribution in [0, 0.1) is 10.1 Å². The van der Waals surface area contributed by atoms with Gasteiger partial charge in [-0.1, -0.05) is 11.6 Å². The van der Waals surface area contributed by atoms with Crippen molar-refractivity contribution in [3.63, 3.8) is 0 Å². The molecule has 1 amide bonds. The van der Waals surface area contributed by atoms with Crippen LogP contribution in [-0.4, -0.2) is 15.8 Å². The molecule has 0 aliphatic heterocycles. The van der Waals surface area contributed by atoms with Crippen molar-refractivity contribution < 1.29 is 9.72 Å². The Bertz CT molecular complexity index is 740. The molecule has 0 radical (unpaired) electrons. The summed E-state index contributed by atoms with van der Waals surface area (Å²) in [6, 6.07) is 5.54. The normalized spacial score (nSPS) is 10.2. The summed E-state index contributed by atoms with van der Waals surface area (Å²) in [6.45, 7) is 0. The number of nitrogens with one attached hydrogen (secondary N) is 1. The minimum Gasteiger partial charge on any atom is -0.306 e. The molecule has 0 fully saturated rings. The minimum atomic E-state index is -0.646. The van der Waals surface area contributed by atoms with Gasteiger partial charge in [0.2, 0.25) is 0 Å². The van der Waals surface area contributed by atoms with Crippen molar-refractivity contribution in [1.82, 2.24) is 4.98 Å². The van der Waals surface area contributed by atoms with Crippen LogP contribution in [0.4, 0.5) is 11.5 Å². The molecule has 0 saturated carbocycles. The van der Waals surface area contributed by atoms with Crippen molar-refractivity contribution in [2.75, 3.05) is 5.32 Å². The van der Waals surface area contributed by atoms with E-state index in [9.17, 15) is 14.9 Å². The molecule has 0 unspecified atom stereocenters. The smallest absolute Gasteiger partial charge is 0.288 e. The van der Waals surface area contributed by atoms with Crippen molar-refractivity contribution in [2.45, 2.75) is 0 Å². The Balaban J connectivity index is 2.28. The number of nitro groups is 1. The van der Waals surface area contributed by atoms with Crippen LogP contribution in [0.25, 0.3) is 0 Å². The molecule has 1 aromatic heterocycles. The first kappa shape index (κ1) is 15.9. The molecule has 1 aromatic carbocycles. The third kappa shape index (κ3) is 3.78. The molecule has 0 atom stereocenters. The summed E-state index contributed by atoms with van der Waals surface area (Å²) in [6.07, 6.45) is 1.52. The third-order valence-corrected chi connectivity index (χ3v) is 3.80. The first-order chi connectivity index (χ1) is 9.88. The predicted molar refractivity (Wildman–Crippen MR) is 85.7 cm³/mol. The Morgan fingerprint density at radius 3 is 2.67 bits per heavy atom. The maximum atomic E-state index is 12.1. The van der Waals surface area contributed by atoms with Gasteiger partial charge >= 0.3 is 0 Å². The summed E-state index contributed by atoms with van der Waals surface area (Å²) in [5.74, 6) is -0.217. The van der Waals surface area contributed by atoms with E-state index in [0.29, 0.717) is 10.3 Å². The van der Waals surface area contributed by atoms with Crippen molar-refractivity contribution in [1.29, 1.82) is 0 Å². The molecule has 2 aromatic rings. The molecule has 2 rings (SSSR count). The molecule has 1 N–H and O–H groups in total. The number of hydrogen-bond acceptors (Lipinski definition) is 4. The van der Waals surface area contributed by atoms with Crippen LogP contribution in [0.15, 0.2) is 39.4 Å². The van der Waals surface area contributed by atoms with Gasteiger partial charge in [-0.15, -0.1) is 0 Å². The number of benzene rings is 1. The number of carbonyl (C=O) groups excluding carboxylic acids is 1. The number of nitro benzene ring substituents is 1. The van der Waals surface area contributed by atoms with Crippen LogP contribution in [0.3, 0.4) is 0 Å². The Morgan fingerprint density at radius 2 is 2.05 bits per heavy atom. The second kappa shape index (κ2) is 6.50. The first-order valence-electron chi connectivity index (χ1n) is 5.45. The van der Waals surface area contributed by atoms with Crippen molar-refractivity contribution in [3.8, 4) is 0 Å². The standard InChI is InChI=1S/C12H6Br2ClN3O3/c13-7-4-8(14)11(16-5-7)17-12(19)6-1-2-9(15)10(3-6)18(20)21/h1-5H,(H,16,17,19). The number of rotatable bonds is 3. The van der Waals surface area contributed by atoms with E-state index in [1.165, 1.54) is 18.3 Å². The quantitative estimate of drug-likeness (QED) is 0.571. The molecule has 0 aliphatic rings. The maximum absolute atomic E-state index is 12.1. The van der Waals surface area contributed by atoms with Gasteiger partial charge in [-0.05, 0) is 50.1 Å². The van der Waals surface area contributed by atoms with Gasteiger partial charge in [0.1, 0.15) is 10.8 Å². The van der Waals surface area contributed by atoms with Crippen LogP contribution >= 0.6 is 43.5 Å². The number of anilines is 1. The summed E-state index contributed by atoms with van der Waals surface area (Å²) >= 11 is 12.2. The maximum Gasteiger partial charge on any atom is 0.288 e. The van der Waals surface area contributed by atoms with Gasteiger partial charge in [-0.3, -0.25) is 14.9 Å². The van der Waals surface area contributed by atoms with Crippen molar-refractivity contribution >= 4 is 60.9 Å². The zero-order valence-corrected chi connectivity index (χ0v) is 14.1. The second-order valence-corrected chi connectivity index (χ2v) is 6.04. The van der Waals surface area contributed by atoms with Gasteiger partial charge < -0.3 is 5.32 Å². The Labute approximate surface area is 140 Å². The van der Waals surface area contributed by atoms with E-state index in [-0.39, 0.29) is 16.3 Å². The zero-order valence-electron chi connectivity index (χ0n) is 10.1. The predicted octanol–water partition coefficient (Wildman–Crippen LogP) is 4.42. The minimum absolute atomic E-state index is 0.0282. The summed E-state index contributed by atoms with van der Waals surface area (Å²) in [5.41, 5.74) is -0.213. The van der Waals surface area contributed by atoms with Crippen LogP contribution < -0.4 is 5.32 Å². The summed E-state index contributed by atoms with van der Waals surface area (Å²) in [5, 5.41) is 13.3. The van der Waals surface area contributed by atoms with Gasteiger partial charge in [-0.25, -0.2) is 4.98 Å². The number of halogens is 3.